The van der Waals surface area contributed by atoms with Gasteiger partial charge in [0.25, 0.3) is 17.7 Å². The van der Waals surface area contributed by atoms with E-state index in [9.17, 15) is 37.7 Å². The molecule has 15 nitrogen and oxygen atoms in total. The Morgan fingerprint density at radius 2 is 1.02 bits per heavy atom. The lowest BCUT2D eigenvalue weighted by Crippen LogP contribution is -2.35. The fourth-order valence-corrected chi connectivity index (χ4v) is 20.3. The molecule has 0 bridgehead atoms. The Morgan fingerprint density at radius 3 is 1.41 bits per heavy atom. The Hall–Kier alpha value is -3.48. The van der Waals surface area contributed by atoms with Gasteiger partial charge in [-0.05, 0) is 186 Å². The third-order valence-corrected chi connectivity index (χ3v) is 28.9. The van der Waals surface area contributed by atoms with E-state index < -0.39 is 22.1 Å². The molecule has 5 amide bonds. The minimum absolute atomic E-state index is 0.0260. The molecule has 5 aromatic rings. The molecule has 3 saturated carbocycles. The van der Waals surface area contributed by atoms with Crippen LogP contribution < -0.4 is 21.2 Å². The molecule has 86 heavy (non-hydrogen) atoms. The van der Waals surface area contributed by atoms with Crippen LogP contribution in [0.3, 0.4) is 0 Å². The third kappa shape index (κ3) is 16.7. The Labute approximate surface area is 548 Å². The number of halogens is 3. The summed E-state index contributed by atoms with van der Waals surface area (Å²) in [5.41, 5.74) is 8.14. The van der Waals surface area contributed by atoms with Crippen molar-refractivity contribution in [1.29, 1.82) is 0 Å². The number of aromatic nitrogens is 2. The second-order valence-corrected chi connectivity index (χ2v) is 37.3. The van der Waals surface area contributed by atoms with E-state index in [4.69, 9.17) is 0 Å². The molecule has 0 radical (unpaired) electrons. The Balaban J connectivity index is 0.000000168. The van der Waals surface area contributed by atoms with Gasteiger partial charge in [-0.25, -0.2) is 9.97 Å². The van der Waals surface area contributed by atoms with Crippen LogP contribution in [-0.2, 0) is 42.9 Å². The predicted octanol–water partition coefficient (Wildman–Crippen LogP) is 16.2. The second-order valence-electron chi connectivity index (χ2n) is 23.2. The molecular formula is C63H84Br2IN7O8P3S2+. The fraction of sp³-hybridized carbons (Fsp3) is 0.540. The number of nitrogens with zero attached hydrogens (tertiary/aromatic N) is 5. The van der Waals surface area contributed by atoms with E-state index in [0.29, 0.717) is 71.4 Å². The molecule has 0 unspecified atom stereocenters. The number of carbonyl (C=O) groups excluding carboxylic acids is 5. The molecule has 0 saturated heterocycles. The maximum absolute atomic E-state index is 13.9. The maximum Gasteiger partial charge on any atom is 0.338 e. The second kappa shape index (κ2) is 30.1. The highest BCUT2D eigenvalue weighted by atomic mass is 127. The van der Waals surface area contributed by atoms with E-state index in [1.54, 1.807) is 0 Å². The number of rotatable bonds is 17. The molecule has 2 N–H and O–H groups in total. The van der Waals surface area contributed by atoms with Gasteiger partial charge in [0.2, 0.25) is 11.8 Å². The van der Waals surface area contributed by atoms with E-state index in [1.807, 2.05) is 99.7 Å². The van der Waals surface area contributed by atoms with E-state index in [1.165, 1.54) is 80.6 Å². The van der Waals surface area contributed by atoms with Crippen molar-refractivity contribution in [3.63, 3.8) is 0 Å². The first-order chi connectivity index (χ1) is 40.7. The molecule has 23 heteroatoms. The van der Waals surface area contributed by atoms with Gasteiger partial charge in [0.1, 0.15) is 26.6 Å². The Kier molecular flexibility index (Phi) is 24.5. The predicted molar refractivity (Wildman–Crippen MR) is 370 cm³/mol. The van der Waals surface area contributed by atoms with E-state index >= 15 is 0 Å². The Morgan fingerprint density at radius 1 is 0.628 bits per heavy atom. The molecule has 5 heterocycles. The van der Waals surface area contributed by atoms with Crippen LogP contribution in [0, 0.1) is 35.2 Å². The van der Waals surface area contributed by atoms with Gasteiger partial charge in [0.05, 0.1) is 33.0 Å². The topological polar surface area (TPSA) is 196 Å². The standard InChI is InChI=1S/C23H30N3O3PS.C17H23BrNO2P.C13H13BrINO.C6H8N2OS.C4H10OP/c1-6-30(29,7-2)19-11-17(21-13(3)24-23(31-21)25-15(5)27)10-18-12-26(22(28)20(18)19)14(4)16-8-9-16;1-4-22(21,5-2)15-9-14(18)8-13-10-19(17(20)16(13)15)11(3)12-6-7-12;1-7(8-2-3-8)16-6-9-4-10(14)5-11(15)12(9)13(16)17;1-4-3-10-6(7-4)8-5(2)9;1-3-6(5)4-2/h10-11,14,16H,6-9,12H2,1-5H3,(H,24,25,27);8-9,11-12H,4-7,10H2,1-3H3;4-5,7-8H,2-3,6H2,1H3;3H,1-2H3,(H,7,8,9);3-4H2,1-2H3/q;;;;+1/t14-;11-;7-;;/m000../s1. The lowest BCUT2D eigenvalue weighted by Gasteiger charge is -2.24. The summed E-state index contributed by atoms with van der Waals surface area (Å²) < 4.78 is 40.5. The minimum atomic E-state index is -2.69. The van der Waals surface area contributed by atoms with Crippen molar-refractivity contribution in [3.05, 3.63) is 99.1 Å². The van der Waals surface area contributed by atoms with Crippen molar-refractivity contribution in [2.75, 3.05) is 47.6 Å². The number of hydrogen-bond donors (Lipinski definition) is 2. The lowest BCUT2D eigenvalue weighted by atomic mass is 10.0. The highest BCUT2D eigenvalue weighted by Crippen LogP contribution is 2.50. The molecule has 6 aliphatic rings. The average Bonchev–Trinajstić information content (AvgIpc) is 1.67. The summed E-state index contributed by atoms with van der Waals surface area (Å²) in [6, 6.07) is 12.9. The smallest absolute Gasteiger partial charge is 0.331 e. The van der Waals surface area contributed by atoms with Crippen molar-refractivity contribution in [3.8, 4) is 10.4 Å². The molecule has 3 aliphatic carbocycles. The minimum Gasteiger partial charge on any atom is -0.331 e. The highest BCUT2D eigenvalue weighted by Gasteiger charge is 2.44. The van der Waals surface area contributed by atoms with E-state index in [0.717, 1.165) is 92.0 Å². The normalized spacial score (nSPS) is 16.9. The zero-order valence-electron chi connectivity index (χ0n) is 51.9. The summed E-state index contributed by atoms with van der Waals surface area (Å²) in [7, 11) is -6.00. The van der Waals surface area contributed by atoms with Crippen molar-refractivity contribution < 1.29 is 37.7 Å². The molecule has 0 spiro atoms. The van der Waals surface area contributed by atoms with Gasteiger partial charge in [-0.2, -0.15) is 0 Å². The van der Waals surface area contributed by atoms with E-state index in [2.05, 4.69) is 108 Å². The Bertz CT molecular complexity index is 3470. The summed E-state index contributed by atoms with van der Waals surface area (Å²) >= 11 is 12.1. The zero-order valence-corrected chi connectivity index (χ0v) is 61.6. The summed E-state index contributed by atoms with van der Waals surface area (Å²) in [6.45, 7) is 26.9. The molecule has 2 aromatic heterocycles. The van der Waals surface area contributed by atoms with Crippen LogP contribution in [0.4, 0.5) is 10.3 Å². The van der Waals surface area contributed by atoms with Crippen molar-refractivity contribution in [1.82, 2.24) is 24.7 Å². The van der Waals surface area contributed by atoms with Gasteiger partial charge in [-0.1, -0.05) is 75.5 Å². The van der Waals surface area contributed by atoms with Gasteiger partial charge < -0.3 is 34.5 Å². The monoisotopic (exact) mass is 1510 g/mol. The summed E-state index contributed by atoms with van der Waals surface area (Å²) in [5.74, 6) is 2.05. The van der Waals surface area contributed by atoms with Crippen LogP contribution in [-0.4, -0.2) is 109 Å². The van der Waals surface area contributed by atoms with Crippen molar-refractivity contribution in [2.45, 2.75) is 166 Å². The largest absolute Gasteiger partial charge is 0.338 e. The number of anilines is 2. The summed E-state index contributed by atoms with van der Waals surface area (Å²) in [5, 5.41) is 9.97. The van der Waals surface area contributed by atoms with Gasteiger partial charge >= 0.3 is 7.80 Å². The third-order valence-electron chi connectivity index (χ3n) is 17.2. The highest BCUT2D eigenvalue weighted by molar-refractivity contribution is 14.1. The van der Waals surface area contributed by atoms with E-state index in [-0.39, 0.29) is 41.6 Å². The van der Waals surface area contributed by atoms with Crippen molar-refractivity contribution >= 4 is 150 Å². The summed E-state index contributed by atoms with van der Waals surface area (Å²) in [4.78, 5) is 76.2. The van der Waals surface area contributed by atoms with Crippen LogP contribution in [0.15, 0.2) is 50.7 Å². The number of fused-ring (bicyclic) bond motifs is 3. The number of carbonyl (C=O) groups is 5. The van der Waals surface area contributed by atoms with Crippen LogP contribution in [0.25, 0.3) is 10.4 Å². The van der Waals surface area contributed by atoms with Crippen LogP contribution in [0.1, 0.15) is 174 Å². The fourth-order valence-electron chi connectivity index (χ4n) is 11.3. The number of benzene rings is 3. The number of thiazole rings is 2. The van der Waals surface area contributed by atoms with Gasteiger partial charge in [-0.15, -0.1) is 11.3 Å². The quantitative estimate of drug-likeness (QED) is 0.0668. The van der Waals surface area contributed by atoms with Crippen molar-refractivity contribution in [2.24, 2.45) is 17.8 Å². The lowest BCUT2D eigenvalue weighted by molar-refractivity contribution is -0.115. The van der Waals surface area contributed by atoms with Crippen LogP contribution in [0.5, 0.6) is 0 Å². The molecule has 11 rings (SSSR count). The average molecular weight is 1510 g/mol. The first-order valence-electron chi connectivity index (χ1n) is 30.1. The van der Waals surface area contributed by atoms with Gasteiger partial charge in [0.15, 0.2) is 10.3 Å². The number of nitrogens with one attached hydrogen (secondary N) is 2. The number of aryl methyl sites for hydroxylation is 2. The van der Waals surface area contributed by atoms with Crippen LogP contribution >= 0.6 is 99.2 Å². The molecular weight excluding hydrogens is 1430 g/mol. The van der Waals surface area contributed by atoms with Gasteiger partial charge in [-0.3, -0.25) is 24.0 Å². The molecule has 3 atom stereocenters. The van der Waals surface area contributed by atoms with Gasteiger partial charge in [0, 0.05) is 105 Å². The number of hydrogen-bond acceptors (Lipinski definition) is 12. The molecule has 466 valence electrons. The first-order valence-corrected chi connectivity index (χ1v) is 40.2. The van der Waals surface area contributed by atoms with Crippen LogP contribution in [0.2, 0.25) is 0 Å². The molecule has 3 fully saturated rings. The summed E-state index contributed by atoms with van der Waals surface area (Å²) in [6.07, 6.45) is 11.3. The maximum atomic E-state index is 13.9. The number of amides is 5. The zero-order chi connectivity index (χ0) is 63.3. The molecule has 3 aromatic carbocycles. The first kappa shape index (κ1) is 70.0. The SMILES string of the molecule is CC(=O)Nc1nc(C)cs1.CCP(=O)(CC)c1cc(-c2sc(NC(C)=O)nc2C)cc2c1C(=O)N([C@@H](C)C1CC1)C2.CCP(=O)(CC)c1cc(Br)cc2c1C(=O)N([C@@H](C)C1CC1)C2.CC[P+](=O)CC.C[C@@H](C1CC1)N1Cc2cc(Br)cc(I)c2C1=O. The molecule has 3 aliphatic heterocycles.